The van der Waals surface area contributed by atoms with Crippen LogP contribution in [0.3, 0.4) is 0 Å². The lowest BCUT2D eigenvalue weighted by molar-refractivity contribution is 0.0912. The standard InChI is InChI=1S/C24H23N5O2/c1-16-13-26-24(27-19-10-6-3-7-11-19)29-22(16)18-12-20(25-14-18)23(31)28-21(15-30)17-8-4-2-5-9-17/h2-14,21,25,30H,15H2,1H3,(H,28,31)(H,26,27,29)/t21-/m0/s1. The number of nitrogens with zero attached hydrogens (tertiary/aromatic N) is 2. The molecule has 31 heavy (non-hydrogen) atoms. The van der Waals surface area contributed by atoms with Crippen molar-refractivity contribution in [3.8, 4) is 11.3 Å². The van der Waals surface area contributed by atoms with Crippen molar-refractivity contribution in [2.45, 2.75) is 13.0 Å². The maximum absolute atomic E-state index is 12.7. The minimum atomic E-state index is -0.483. The van der Waals surface area contributed by atoms with Gasteiger partial charge in [-0.25, -0.2) is 9.97 Å². The third kappa shape index (κ3) is 4.79. The number of para-hydroxylation sites is 1. The monoisotopic (exact) mass is 413 g/mol. The van der Waals surface area contributed by atoms with Gasteiger partial charge in [0, 0.05) is 23.6 Å². The molecule has 4 rings (SSSR count). The zero-order valence-corrected chi connectivity index (χ0v) is 17.0. The summed E-state index contributed by atoms with van der Waals surface area (Å²) >= 11 is 0. The molecule has 7 nitrogen and oxygen atoms in total. The number of hydrogen-bond donors (Lipinski definition) is 4. The van der Waals surface area contributed by atoms with Crippen LogP contribution in [-0.4, -0.2) is 32.6 Å². The average Bonchev–Trinajstić information content (AvgIpc) is 3.30. The third-order valence-electron chi connectivity index (χ3n) is 4.89. The van der Waals surface area contributed by atoms with Crippen molar-refractivity contribution in [3.05, 3.63) is 95.9 Å². The highest BCUT2D eigenvalue weighted by atomic mass is 16.3. The number of aromatic nitrogens is 3. The Morgan fingerprint density at radius 2 is 1.81 bits per heavy atom. The summed E-state index contributed by atoms with van der Waals surface area (Å²) in [7, 11) is 0. The molecule has 2 aromatic carbocycles. The molecule has 1 amide bonds. The highest BCUT2D eigenvalue weighted by Gasteiger charge is 2.17. The molecule has 1 atom stereocenters. The number of amides is 1. The summed E-state index contributed by atoms with van der Waals surface area (Å²) in [6.07, 6.45) is 3.49. The summed E-state index contributed by atoms with van der Waals surface area (Å²) in [5.41, 5.74) is 4.52. The van der Waals surface area contributed by atoms with E-state index in [1.165, 1.54) is 0 Å². The zero-order valence-electron chi connectivity index (χ0n) is 17.0. The Balaban J connectivity index is 1.53. The van der Waals surface area contributed by atoms with Crippen LogP contribution in [0, 0.1) is 6.92 Å². The van der Waals surface area contributed by atoms with Crippen molar-refractivity contribution in [1.82, 2.24) is 20.3 Å². The first-order chi connectivity index (χ1) is 15.1. The van der Waals surface area contributed by atoms with Gasteiger partial charge >= 0.3 is 0 Å². The van der Waals surface area contributed by atoms with E-state index in [0.717, 1.165) is 28.1 Å². The third-order valence-corrected chi connectivity index (χ3v) is 4.89. The van der Waals surface area contributed by atoms with E-state index in [-0.39, 0.29) is 12.5 Å². The Morgan fingerprint density at radius 3 is 2.52 bits per heavy atom. The first-order valence-electron chi connectivity index (χ1n) is 9.95. The number of anilines is 2. The average molecular weight is 413 g/mol. The summed E-state index contributed by atoms with van der Waals surface area (Å²) in [4.78, 5) is 24.7. The first-order valence-corrected chi connectivity index (χ1v) is 9.95. The molecule has 0 aliphatic carbocycles. The van der Waals surface area contributed by atoms with Crippen LogP contribution < -0.4 is 10.6 Å². The Bertz CT molecular complexity index is 1160. The number of carbonyl (C=O) groups excluding carboxylic acids is 1. The summed E-state index contributed by atoms with van der Waals surface area (Å²) in [6, 6.07) is 20.3. The van der Waals surface area contributed by atoms with Gasteiger partial charge in [0.1, 0.15) is 5.69 Å². The SMILES string of the molecule is Cc1cnc(Nc2ccccc2)nc1-c1c[nH]c(C(=O)N[C@@H](CO)c2ccccc2)c1. The molecule has 4 N–H and O–H groups in total. The number of aromatic amines is 1. The van der Waals surface area contributed by atoms with Crippen molar-refractivity contribution in [2.24, 2.45) is 0 Å². The van der Waals surface area contributed by atoms with Crippen molar-refractivity contribution >= 4 is 17.5 Å². The van der Waals surface area contributed by atoms with Crippen molar-refractivity contribution in [2.75, 3.05) is 11.9 Å². The second kappa shape index (κ2) is 9.23. The van der Waals surface area contributed by atoms with Crippen LogP contribution in [0.4, 0.5) is 11.6 Å². The van der Waals surface area contributed by atoms with Gasteiger partial charge < -0.3 is 20.7 Å². The minimum absolute atomic E-state index is 0.192. The van der Waals surface area contributed by atoms with Gasteiger partial charge in [-0.3, -0.25) is 4.79 Å². The number of aryl methyl sites for hydroxylation is 1. The van der Waals surface area contributed by atoms with Gasteiger partial charge in [0.05, 0.1) is 18.3 Å². The van der Waals surface area contributed by atoms with E-state index in [2.05, 4.69) is 25.6 Å². The predicted molar refractivity (Wildman–Crippen MR) is 120 cm³/mol. The lowest BCUT2D eigenvalue weighted by Crippen LogP contribution is -2.30. The van der Waals surface area contributed by atoms with Crippen LogP contribution in [-0.2, 0) is 0 Å². The molecule has 0 radical (unpaired) electrons. The number of rotatable bonds is 7. The van der Waals surface area contributed by atoms with Gasteiger partial charge in [0.25, 0.3) is 5.91 Å². The normalized spacial score (nSPS) is 11.7. The fourth-order valence-electron chi connectivity index (χ4n) is 3.26. The molecule has 0 aliphatic heterocycles. The summed E-state index contributed by atoms with van der Waals surface area (Å²) < 4.78 is 0. The molecule has 0 spiro atoms. The van der Waals surface area contributed by atoms with Gasteiger partial charge in [0.15, 0.2) is 0 Å². The maximum Gasteiger partial charge on any atom is 0.268 e. The number of H-pyrrole nitrogens is 1. The van der Waals surface area contributed by atoms with Crippen molar-refractivity contribution in [3.63, 3.8) is 0 Å². The minimum Gasteiger partial charge on any atom is -0.394 e. The molecule has 7 heteroatoms. The van der Waals surface area contributed by atoms with Crippen LogP contribution in [0.1, 0.15) is 27.7 Å². The number of aliphatic hydroxyl groups is 1. The van der Waals surface area contributed by atoms with Gasteiger partial charge in [-0.15, -0.1) is 0 Å². The number of aliphatic hydroxyl groups excluding tert-OH is 1. The predicted octanol–water partition coefficient (Wildman–Crippen LogP) is 3.99. The quantitative estimate of drug-likeness (QED) is 0.367. The van der Waals surface area contributed by atoms with E-state index < -0.39 is 6.04 Å². The molecule has 0 fully saturated rings. The first kappa shape index (κ1) is 20.3. The molecule has 156 valence electrons. The Hall–Kier alpha value is -3.97. The van der Waals surface area contributed by atoms with Crippen LogP contribution in [0.2, 0.25) is 0 Å². The summed E-state index contributed by atoms with van der Waals surface area (Å²) in [5.74, 6) is 0.173. The number of hydrogen-bond acceptors (Lipinski definition) is 5. The zero-order chi connectivity index (χ0) is 21.6. The Labute approximate surface area is 180 Å². The molecule has 0 aliphatic rings. The number of benzene rings is 2. The topological polar surface area (TPSA) is 103 Å². The molecule has 4 aromatic rings. The molecular weight excluding hydrogens is 390 g/mol. The molecule has 2 aromatic heterocycles. The molecule has 0 saturated carbocycles. The van der Waals surface area contributed by atoms with E-state index in [9.17, 15) is 9.90 Å². The molecule has 2 heterocycles. The van der Waals surface area contributed by atoms with E-state index in [1.807, 2.05) is 67.6 Å². The van der Waals surface area contributed by atoms with E-state index in [0.29, 0.717) is 11.6 Å². The maximum atomic E-state index is 12.7. The van der Waals surface area contributed by atoms with Gasteiger partial charge in [-0.05, 0) is 36.2 Å². The summed E-state index contributed by atoms with van der Waals surface area (Å²) in [5, 5.41) is 15.7. The van der Waals surface area contributed by atoms with Gasteiger partial charge in [-0.2, -0.15) is 0 Å². The molecule has 0 bridgehead atoms. The number of carbonyl (C=O) groups is 1. The highest BCUT2D eigenvalue weighted by Crippen LogP contribution is 2.24. The lowest BCUT2D eigenvalue weighted by atomic mass is 10.1. The van der Waals surface area contributed by atoms with Crippen LogP contribution in [0.5, 0.6) is 0 Å². The largest absolute Gasteiger partial charge is 0.394 e. The number of nitrogens with one attached hydrogen (secondary N) is 3. The van der Waals surface area contributed by atoms with E-state index in [1.54, 1.807) is 18.5 Å². The van der Waals surface area contributed by atoms with Crippen molar-refractivity contribution < 1.29 is 9.90 Å². The molecule has 0 unspecified atom stereocenters. The van der Waals surface area contributed by atoms with Gasteiger partial charge in [-0.1, -0.05) is 48.5 Å². The fraction of sp³-hybridized carbons (Fsp3) is 0.125. The van der Waals surface area contributed by atoms with Crippen molar-refractivity contribution in [1.29, 1.82) is 0 Å². The van der Waals surface area contributed by atoms with Gasteiger partial charge in [0.2, 0.25) is 5.95 Å². The summed E-state index contributed by atoms with van der Waals surface area (Å²) in [6.45, 7) is 1.73. The second-order valence-electron chi connectivity index (χ2n) is 7.14. The fourth-order valence-corrected chi connectivity index (χ4v) is 3.26. The van der Waals surface area contributed by atoms with Crippen LogP contribution in [0.15, 0.2) is 79.1 Å². The van der Waals surface area contributed by atoms with E-state index in [4.69, 9.17) is 0 Å². The smallest absolute Gasteiger partial charge is 0.268 e. The Morgan fingerprint density at radius 1 is 1.10 bits per heavy atom. The van der Waals surface area contributed by atoms with Crippen LogP contribution >= 0.6 is 0 Å². The van der Waals surface area contributed by atoms with E-state index >= 15 is 0 Å². The molecule has 0 saturated heterocycles. The molecular formula is C24H23N5O2. The van der Waals surface area contributed by atoms with Crippen LogP contribution in [0.25, 0.3) is 11.3 Å². The Kier molecular flexibility index (Phi) is 6.05. The lowest BCUT2D eigenvalue weighted by Gasteiger charge is -2.16. The second-order valence-corrected chi connectivity index (χ2v) is 7.14. The highest BCUT2D eigenvalue weighted by molar-refractivity contribution is 5.94.